The van der Waals surface area contributed by atoms with Crippen LogP contribution in [0.3, 0.4) is 0 Å². The highest BCUT2D eigenvalue weighted by atomic mass is 16.5. The molecule has 0 aliphatic carbocycles. The minimum atomic E-state index is -0.599. The molecular formula is C11H14N2O4. The highest BCUT2D eigenvalue weighted by Gasteiger charge is 2.16. The van der Waals surface area contributed by atoms with Gasteiger partial charge in [0.2, 0.25) is 0 Å². The van der Waals surface area contributed by atoms with Crippen molar-refractivity contribution in [3.05, 3.63) is 23.5 Å². The average Bonchev–Trinajstić information content (AvgIpc) is 2.30. The summed E-state index contributed by atoms with van der Waals surface area (Å²) in [4.78, 5) is 26.7. The molecule has 0 aliphatic heterocycles. The minimum absolute atomic E-state index is 0.0316. The molecule has 0 radical (unpaired) electrons. The monoisotopic (exact) mass is 238 g/mol. The van der Waals surface area contributed by atoms with E-state index in [1.807, 2.05) is 0 Å². The van der Waals surface area contributed by atoms with E-state index in [1.165, 1.54) is 12.3 Å². The largest absolute Gasteiger partial charge is 0.462 e. The van der Waals surface area contributed by atoms with Gasteiger partial charge in [0.15, 0.2) is 0 Å². The van der Waals surface area contributed by atoms with Crippen LogP contribution in [0.5, 0.6) is 0 Å². The molecule has 2 N–H and O–H groups in total. The van der Waals surface area contributed by atoms with Crippen LogP contribution in [0, 0.1) is 0 Å². The summed E-state index contributed by atoms with van der Waals surface area (Å²) in [6.07, 6.45) is 1.23. The zero-order valence-electron chi connectivity index (χ0n) is 9.73. The lowest BCUT2D eigenvalue weighted by molar-refractivity contribution is 0.0519. The average molecular weight is 238 g/mol. The van der Waals surface area contributed by atoms with Crippen LogP contribution < -0.4 is 5.73 Å². The number of ether oxygens (including phenoxy) is 2. The van der Waals surface area contributed by atoms with Crippen molar-refractivity contribution < 1.29 is 19.1 Å². The molecule has 6 heteroatoms. The van der Waals surface area contributed by atoms with Gasteiger partial charge in [-0.05, 0) is 19.9 Å². The molecule has 1 aromatic heterocycles. The lowest BCUT2D eigenvalue weighted by atomic mass is 10.2. The van der Waals surface area contributed by atoms with Gasteiger partial charge in [-0.2, -0.15) is 0 Å². The van der Waals surface area contributed by atoms with E-state index >= 15 is 0 Å². The van der Waals surface area contributed by atoms with E-state index in [0.717, 1.165) is 0 Å². The standard InChI is InChI=1S/C11H14N2O4/c1-3-16-10(14)7-5-9(11(15)17-4-2)13-6-8(7)12/h5-6H,3-4,12H2,1-2H3. The molecule has 92 valence electrons. The number of nitrogens with two attached hydrogens (primary N) is 1. The Hall–Kier alpha value is -2.11. The van der Waals surface area contributed by atoms with Crippen LogP contribution in [0.4, 0.5) is 5.69 Å². The van der Waals surface area contributed by atoms with Crippen molar-refractivity contribution in [2.45, 2.75) is 13.8 Å². The lowest BCUT2D eigenvalue weighted by Crippen LogP contribution is -2.13. The Morgan fingerprint density at radius 3 is 2.41 bits per heavy atom. The van der Waals surface area contributed by atoms with E-state index in [0.29, 0.717) is 0 Å². The summed E-state index contributed by atoms with van der Waals surface area (Å²) in [5, 5.41) is 0. The summed E-state index contributed by atoms with van der Waals surface area (Å²) in [6.45, 7) is 3.83. The quantitative estimate of drug-likeness (QED) is 0.787. The Labute approximate surface area is 98.7 Å². The van der Waals surface area contributed by atoms with Crippen molar-refractivity contribution in [1.29, 1.82) is 0 Å². The van der Waals surface area contributed by atoms with E-state index in [4.69, 9.17) is 15.2 Å². The van der Waals surface area contributed by atoms with Gasteiger partial charge in [-0.25, -0.2) is 14.6 Å². The van der Waals surface area contributed by atoms with Crippen LogP contribution in [-0.4, -0.2) is 30.1 Å². The highest BCUT2D eigenvalue weighted by molar-refractivity contribution is 5.98. The van der Waals surface area contributed by atoms with Crippen molar-refractivity contribution >= 4 is 17.6 Å². The predicted octanol–water partition coefficient (Wildman–Crippen LogP) is 1.02. The zero-order chi connectivity index (χ0) is 12.8. The summed E-state index contributed by atoms with van der Waals surface area (Å²) < 4.78 is 9.57. The molecule has 0 saturated carbocycles. The normalized spacial score (nSPS) is 9.76. The van der Waals surface area contributed by atoms with Crippen molar-refractivity contribution in [3.63, 3.8) is 0 Å². The molecule has 0 atom stereocenters. The summed E-state index contributed by atoms with van der Waals surface area (Å²) in [5.74, 6) is -1.18. The third-order valence-corrected chi connectivity index (χ3v) is 1.91. The van der Waals surface area contributed by atoms with Crippen LogP contribution in [0.1, 0.15) is 34.7 Å². The number of anilines is 1. The fourth-order valence-electron chi connectivity index (χ4n) is 1.17. The Bertz CT molecular complexity index is 431. The van der Waals surface area contributed by atoms with E-state index in [1.54, 1.807) is 13.8 Å². The molecule has 6 nitrogen and oxygen atoms in total. The Morgan fingerprint density at radius 1 is 1.24 bits per heavy atom. The smallest absolute Gasteiger partial charge is 0.356 e. The summed E-state index contributed by atoms with van der Waals surface area (Å²) in [7, 11) is 0. The van der Waals surface area contributed by atoms with Gasteiger partial charge in [-0.3, -0.25) is 0 Å². The maximum atomic E-state index is 11.5. The molecule has 1 heterocycles. The van der Waals surface area contributed by atoms with Gasteiger partial charge in [-0.1, -0.05) is 0 Å². The van der Waals surface area contributed by atoms with Crippen LogP contribution in [-0.2, 0) is 9.47 Å². The third-order valence-electron chi connectivity index (χ3n) is 1.91. The molecule has 0 bridgehead atoms. The predicted molar refractivity (Wildman–Crippen MR) is 60.6 cm³/mol. The summed E-state index contributed by atoms with van der Waals surface area (Å²) in [6, 6.07) is 1.27. The molecule has 0 unspecified atom stereocenters. The second-order valence-corrected chi connectivity index (χ2v) is 3.10. The molecule has 1 rings (SSSR count). The minimum Gasteiger partial charge on any atom is -0.462 e. The number of nitrogen functional groups attached to an aromatic ring is 1. The van der Waals surface area contributed by atoms with Crippen LogP contribution in [0.25, 0.3) is 0 Å². The number of hydrogen-bond donors (Lipinski definition) is 1. The molecule has 1 aromatic rings. The lowest BCUT2D eigenvalue weighted by Gasteiger charge is -2.06. The van der Waals surface area contributed by atoms with Gasteiger partial charge in [0.05, 0.1) is 30.7 Å². The SMILES string of the molecule is CCOC(=O)c1cc(C(=O)OCC)c(N)cn1. The van der Waals surface area contributed by atoms with Gasteiger partial charge in [0, 0.05) is 0 Å². The first-order valence-electron chi connectivity index (χ1n) is 5.19. The number of esters is 2. The van der Waals surface area contributed by atoms with E-state index in [-0.39, 0.29) is 30.2 Å². The summed E-state index contributed by atoms with van der Waals surface area (Å²) in [5.41, 5.74) is 5.89. The molecule has 17 heavy (non-hydrogen) atoms. The molecule has 0 aromatic carbocycles. The fourth-order valence-corrected chi connectivity index (χ4v) is 1.17. The number of pyridine rings is 1. The molecular weight excluding hydrogens is 224 g/mol. The topological polar surface area (TPSA) is 91.5 Å². The van der Waals surface area contributed by atoms with Gasteiger partial charge in [0.1, 0.15) is 5.69 Å². The van der Waals surface area contributed by atoms with Crippen molar-refractivity contribution in [2.75, 3.05) is 18.9 Å². The Kier molecular flexibility index (Phi) is 4.45. The first kappa shape index (κ1) is 13.0. The molecule has 0 amide bonds. The number of aromatic nitrogens is 1. The van der Waals surface area contributed by atoms with Gasteiger partial charge >= 0.3 is 11.9 Å². The number of carbonyl (C=O) groups excluding carboxylic acids is 2. The van der Waals surface area contributed by atoms with E-state index in [9.17, 15) is 9.59 Å². The first-order valence-corrected chi connectivity index (χ1v) is 5.19. The number of hydrogen-bond acceptors (Lipinski definition) is 6. The van der Waals surface area contributed by atoms with Crippen molar-refractivity contribution in [3.8, 4) is 0 Å². The van der Waals surface area contributed by atoms with Crippen LogP contribution in [0.15, 0.2) is 12.3 Å². The fraction of sp³-hybridized carbons (Fsp3) is 0.364. The molecule has 0 spiro atoms. The third kappa shape index (κ3) is 3.17. The second-order valence-electron chi connectivity index (χ2n) is 3.10. The number of carbonyl (C=O) groups is 2. The summed E-state index contributed by atoms with van der Waals surface area (Å²) >= 11 is 0. The highest BCUT2D eigenvalue weighted by Crippen LogP contribution is 2.13. The van der Waals surface area contributed by atoms with Crippen molar-refractivity contribution in [2.24, 2.45) is 0 Å². The first-order chi connectivity index (χ1) is 8.10. The number of nitrogens with zero attached hydrogens (tertiary/aromatic N) is 1. The van der Waals surface area contributed by atoms with E-state index < -0.39 is 11.9 Å². The maximum absolute atomic E-state index is 11.5. The van der Waals surface area contributed by atoms with Crippen molar-refractivity contribution in [1.82, 2.24) is 4.98 Å². The Morgan fingerprint density at radius 2 is 1.82 bits per heavy atom. The van der Waals surface area contributed by atoms with Gasteiger partial charge in [-0.15, -0.1) is 0 Å². The molecule has 0 fully saturated rings. The zero-order valence-corrected chi connectivity index (χ0v) is 9.73. The van der Waals surface area contributed by atoms with Gasteiger partial charge in [0.25, 0.3) is 0 Å². The Balaban J connectivity index is 3.02. The van der Waals surface area contributed by atoms with Crippen LogP contribution in [0.2, 0.25) is 0 Å². The molecule has 0 aliphatic rings. The van der Waals surface area contributed by atoms with E-state index in [2.05, 4.69) is 4.98 Å². The maximum Gasteiger partial charge on any atom is 0.356 e. The van der Waals surface area contributed by atoms with Gasteiger partial charge < -0.3 is 15.2 Å². The molecule has 0 saturated heterocycles. The van der Waals surface area contributed by atoms with Crippen LogP contribution >= 0.6 is 0 Å². The number of rotatable bonds is 4. The second kappa shape index (κ2) is 5.83.